The van der Waals surface area contributed by atoms with E-state index in [0.717, 1.165) is 48.2 Å². The average Bonchev–Trinajstić information content (AvgIpc) is 3.37. The molecule has 1 spiro atoms. The number of hydrogen-bond acceptors (Lipinski definition) is 4. The highest BCUT2D eigenvalue weighted by Gasteiger charge is 2.42. The molecular weight excluding hydrogens is 438 g/mol. The molecule has 5 rings (SSSR count). The van der Waals surface area contributed by atoms with Crippen molar-refractivity contribution in [1.82, 2.24) is 25.5 Å². The third-order valence-corrected chi connectivity index (χ3v) is 7.59. The third kappa shape index (κ3) is 4.73. The van der Waals surface area contributed by atoms with Crippen molar-refractivity contribution in [1.29, 1.82) is 0 Å². The Balaban J connectivity index is 1.32. The van der Waals surface area contributed by atoms with Gasteiger partial charge in [-0.2, -0.15) is 0 Å². The van der Waals surface area contributed by atoms with E-state index in [1.165, 1.54) is 5.69 Å². The van der Waals surface area contributed by atoms with E-state index in [1.54, 1.807) is 6.33 Å². The molecule has 182 valence electrons. The number of piperidine rings is 1. The van der Waals surface area contributed by atoms with E-state index in [2.05, 4.69) is 20.6 Å². The number of aryl methyl sites for hydroxylation is 2. The predicted octanol–water partition coefficient (Wildman–Crippen LogP) is 3.03. The van der Waals surface area contributed by atoms with Gasteiger partial charge in [0.2, 0.25) is 5.91 Å². The minimum Gasteiger partial charge on any atom is -0.348 e. The number of hydrogen-bond donors (Lipinski definition) is 3. The first-order valence-electron chi connectivity index (χ1n) is 12.4. The summed E-state index contributed by atoms with van der Waals surface area (Å²) in [5.74, 6) is -0.245. The second-order valence-electron chi connectivity index (χ2n) is 9.83. The number of amides is 2. The van der Waals surface area contributed by atoms with Gasteiger partial charge in [0.15, 0.2) is 0 Å². The molecule has 2 aliphatic rings. The molecule has 2 aromatic carbocycles. The summed E-state index contributed by atoms with van der Waals surface area (Å²) in [6.45, 7) is 6.18. The third-order valence-electron chi connectivity index (χ3n) is 7.59. The van der Waals surface area contributed by atoms with E-state index in [1.807, 2.05) is 67.3 Å². The summed E-state index contributed by atoms with van der Waals surface area (Å²) in [4.78, 5) is 36.6. The molecule has 3 heterocycles. The zero-order valence-electron chi connectivity index (χ0n) is 20.4. The van der Waals surface area contributed by atoms with Crippen molar-refractivity contribution in [2.24, 2.45) is 0 Å². The summed E-state index contributed by atoms with van der Waals surface area (Å²) in [7, 11) is 0. The maximum absolute atomic E-state index is 13.7. The molecule has 1 atom stereocenters. The monoisotopic (exact) mass is 471 g/mol. The normalized spacial score (nSPS) is 17.6. The summed E-state index contributed by atoms with van der Waals surface area (Å²) in [6, 6.07) is 14.9. The highest BCUT2D eigenvalue weighted by molar-refractivity contribution is 5.97. The molecule has 0 radical (unpaired) electrons. The van der Waals surface area contributed by atoms with E-state index >= 15 is 0 Å². The first kappa shape index (κ1) is 23.3. The molecule has 0 aliphatic carbocycles. The molecule has 0 unspecified atom stereocenters. The van der Waals surface area contributed by atoms with Crippen molar-refractivity contribution in [2.45, 2.75) is 51.1 Å². The van der Waals surface area contributed by atoms with E-state index in [0.29, 0.717) is 25.1 Å². The first-order valence-corrected chi connectivity index (χ1v) is 12.4. The van der Waals surface area contributed by atoms with E-state index in [-0.39, 0.29) is 17.4 Å². The van der Waals surface area contributed by atoms with Crippen LogP contribution >= 0.6 is 0 Å². The van der Waals surface area contributed by atoms with Crippen molar-refractivity contribution in [3.63, 3.8) is 0 Å². The Bertz CT molecular complexity index is 1210. The van der Waals surface area contributed by atoms with Gasteiger partial charge in [-0.1, -0.05) is 36.4 Å². The first-order chi connectivity index (χ1) is 16.9. The lowest BCUT2D eigenvalue weighted by Crippen LogP contribution is -2.58. The quantitative estimate of drug-likeness (QED) is 0.534. The van der Waals surface area contributed by atoms with Gasteiger partial charge in [0.05, 0.1) is 17.6 Å². The number of nitrogens with zero attached hydrogens (tertiary/aromatic N) is 2. The van der Waals surface area contributed by atoms with Gasteiger partial charge in [0.1, 0.15) is 6.04 Å². The number of rotatable bonds is 5. The molecular formula is C28H33N5O2. The number of H-pyrrole nitrogens is 1. The van der Waals surface area contributed by atoms with Crippen molar-refractivity contribution >= 4 is 11.8 Å². The lowest BCUT2D eigenvalue weighted by molar-refractivity contribution is -0.135. The molecule has 1 saturated heterocycles. The minimum absolute atomic E-state index is 0.0288. The number of aromatic nitrogens is 2. The number of likely N-dealkylation sites (tertiary alicyclic amines) is 1. The molecule has 1 aromatic heterocycles. The van der Waals surface area contributed by atoms with Crippen molar-refractivity contribution in [3.05, 3.63) is 88.5 Å². The Morgan fingerprint density at radius 2 is 1.86 bits per heavy atom. The zero-order valence-corrected chi connectivity index (χ0v) is 20.4. The van der Waals surface area contributed by atoms with Gasteiger partial charge in [-0.3, -0.25) is 9.59 Å². The number of aromatic amines is 1. The van der Waals surface area contributed by atoms with Crippen molar-refractivity contribution in [2.75, 3.05) is 19.6 Å². The van der Waals surface area contributed by atoms with E-state index in [9.17, 15) is 9.59 Å². The number of carbonyl (C=O) groups is 2. The van der Waals surface area contributed by atoms with Crippen LogP contribution in [0.2, 0.25) is 0 Å². The Morgan fingerprint density at radius 3 is 2.60 bits per heavy atom. The van der Waals surface area contributed by atoms with Gasteiger partial charge < -0.3 is 20.5 Å². The molecule has 0 saturated carbocycles. The van der Waals surface area contributed by atoms with Gasteiger partial charge >= 0.3 is 0 Å². The van der Waals surface area contributed by atoms with Crippen LogP contribution in [0.4, 0.5) is 0 Å². The van der Waals surface area contributed by atoms with Crippen LogP contribution in [0.3, 0.4) is 0 Å². The van der Waals surface area contributed by atoms with Gasteiger partial charge in [0, 0.05) is 43.7 Å². The molecule has 7 nitrogen and oxygen atoms in total. The summed E-state index contributed by atoms with van der Waals surface area (Å²) in [6.07, 6.45) is 4.79. The smallest absolute Gasteiger partial charge is 0.251 e. The van der Waals surface area contributed by atoms with E-state index in [4.69, 9.17) is 0 Å². The van der Waals surface area contributed by atoms with Crippen LogP contribution in [0.5, 0.6) is 0 Å². The fourth-order valence-corrected chi connectivity index (χ4v) is 5.35. The van der Waals surface area contributed by atoms with Crippen LogP contribution in [0.25, 0.3) is 0 Å². The summed E-state index contributed by atoms with van der Waals surface area (Å²) >= 11 is 0. The second kappa shape index (κ2) is 9.66. The number of carbonyl (C=O) groups excluding carboxylic acids is 2. The number of nitrogens with one attached hydrogen (secondary N) is 3. The van der Waals surface area contributed by atoms with Crippen LogP contribution < -0.4 is 10.6 Å². The minimum atomic E-state index is -0.624. The second-order valence-corrected chi connectivity index (χ2v) is 9.83. The Morgan fingerprint density at radius 1 is 1.09 bits per heavy atom. The van der Waals surface area contributed by atoms with Crippen molar-refractivity contribution < 1.29 is 9.59 Å². The van der Waals surface area contributed by atoms with Crippen LogP contribution in [0, 0.1) is 13.8 Å². The maximum atomic E-state index is 13.7. The van der Waals surface area contributed by atoms with E-state index < -0.39 is 6.04 Å². The molecule has 2 aliphatic heterocycles. The molecule has 7 heteroatoms. The Hall–Kier alpha value is -3.45. The lowest BCUT2D eigenvalue weighted by Gasteiger charge is -2.44. The molecule has 3 aromatic rings. The SMILES string of the molecule is Cc1ccc(C(=O)N[C@@H](Cc2ccccc2)C(=O)N2CCC3(CC2)NCCc2[nH]cnc23)cc1C. The fourth-order valence-electron chi connectivity index (χ4n) is 5.35. The zero-order chi connectivity index (χ0) is 24.4. The van der Waals surface area contributed by atoms with Gasteiger partial charge in [-0.05, 0) is 55.5 Å². The molecule has 1 fully saturated rings. The number of imidazole rings is 1. The Labute approximate surface area is 206 Å². The molecule has 3 N–H and O–H groups in total. The maximum Gasteiger partial charge on any atom is 0.251 e. The average molecular weight is 472 g/mol. The fraction of sp³-hybridized carbons (Fsp3) is 0.393. The summed E-state index contributed by atoms with van der Waals surface area (Å²) in [5, 5.41) is 6.72. The molecule has 0 bridgehead atoms. The lowest BCUT2D eigenvalue weighted by atomic mass is 9.80. The van der Waals surface area contributed by atoms with Crippen molar-refractivity contribution in [3.8, 4) is 0 Å². The van der Waals surface area contributed by atoms with Crippen LogP contribution in [0.1, 0.15) is 51.3 Å². The topological polar surface area (TPSA) is 90.1 Å². The number of fused-ring (bicyclic) bond motifs is 2. The molecule has 2 amide bonds. The van der Waals surface area contributed by atoms with Gasteiger partial charge in [0.25, 0.3) is 5.91 Å². The van der Waals surface area contributed by atoms with Crippen LogP contribution in [-0.2, 0) is 23.2 Å². The summed E-state index contributed by atoms with van der Waals surface area (Å²) < 4.78 is 0. The molecule has 35 heavy (non-hydrogen) atoms. The standard InChI is InChI=1S/C28H33N5O2/c1-19-8-9-22(16-20(19)2)26(34)32-24(17-21-6-4-3-5-7-21)27(35)33-14-11-28(12-15-33)25-23(10-13-31-28)29-18-30-25/h3-9,16,18,24,31H,10-15,17H2,1-2H3,(H,29,30)(H,32,34)/t24-/m0/s1. The predicted molar refractivity (Wildman–Crippen MR) is 135 cm³/mol. The largest absolute Gasteiger partial charge is 0.348 e. The van der Waals surface area contributed by atoms with Gasteiger partial charge in [-0.15, -0.1) is 0 Å². The van der Waals surface area contributed by atoms with Crippen LogP contribution in [0.15, 0.2) is 54.9 Å². The summed E-state index contributed by atoms with van der Waals surface area (Å²) in [5.41, 5.74) is 5.91. The number of benzene rings is 2. The highest BCUT2D eigenvalue weighted by atomic mass is 16.2. The van der Waals surface area contributed by atoms with Gasteiger partial charge in [-0.25, -0.2) is 4.98 Å². The Kier molecular flexibility index (Phi) is 6.43. The highest BCUT2D eigenvalue weighted by Crippen LogP contribution is 2.36. The van der Waals surface area contributed by atoms with Crippen LogP contribution in [-0.4, -0.2) is 52.4 Å².